The molecule has 12 heteroatoms. The maximum atomic E-state index is 15.0. The van der Waals surface area contributed by atoms with Gasteiger partial charge in [0, 0.05) is 24.3 Å². The minimum absolute atomic E-state index is 0.0123. The zero-order chi connectivity index (χ0) is 23.5. The summed E-state index contributed by atoms with van der Waals surface area (Å²) < 4.78 is 20.5. The summed E-state index contributed by atoms with van der Waals surface area (Å²) in [5.41, 5.74) is 1.62. The first kappa shape index (κ1) is 22.7. The van der Waals surface area contributed by atoms with Crippen molar-refractivity contribution in [1.29, 1.82) is 0 Å². The van der Waals surface area contributed by atoms with Crippen LogP contribution in [0.25, 0.3) is 11.4 Å². The van der Waals surface area contributed by atoms with E-state index in [4.69, 9.17) is 9.84 Å². The Morgan fingerprint density at radius 3 is 2.82 bits per heavy atom. The molecule has 4 N–H and O–H groups in total. The van der Waals surface area contributed by atoms with E-state index in [1.165, 1.54) is 17.0 Å². The molecular formula is C21H25FN6O5. The third-order valence-corrected chi connectivity index (χ3v) is 5.54. The number of fused-ring (bicyclic) bond motifs is 1. The van der Waals surface area contributed by atoms with Crippen LogP contribution in [0.5, 0.6) is 0 Å². The van der Waals surface area contributed by atoms with E-state index in [9.17, 15) is 14.7 Å². The van der Waals surface area contributed by atoms with Crippen LogP contribution in [0.2, 0.25) is 0 Å². The van der Waals surface area contributed by atoms with Crippen molar-refractivity contribution in [1.82, 2.24) is 20.2 Å². The highest BCUT2D eigenvalue weighted by Gasteiger charge is 2.33. The molecule has 0 radical (unpaired) electrons. The summed E-state index contributed by atoms with van der Waals surface area (Å²) in [4.78, 5) is 35.7. The van der Waals surface area contributed by atoms with Crippen molar-refractivity contribution in [3.8, 4) is 11.4 Å². The molecule has 3 heterocycles. The van der Waals surface area contributed by atoms with E-state index in [-0.39, 0.29) is 49.4 Å². The molecule has 1 fully saturated rings. The number of rotatable bonds is 5. The van der Waals surface area contributed by atoms with Crippen molar-refractivity contribution < 1.29 is 28.9 Å². The van der Waals surface area contributed by atoms with Gasteiger partial charge in [-0.05, 0) is 25.1 Å². The van der Waals surface area contributed by atoms with Crippen molar-refractivity contribution in [2.24, 2.45) is 0 Å². The number of carboxylic acid groups (broad SMARTS) is 1. The number of carbonyl (C=O) groups excluding carboxylic acids is 1. The van der Waals surface area contributed by atoms with Gasteiger partial charge in [0.05, 0.1) is 50.2 Å². The zero-order valence-electron chi connectivity index (χ0n) is 18.0. The molecule has 2 aliphatic rings. The Morgan fingerprint density at radius 2 is 2.12 bits per heavy atom. The van der Waals surface area contributed by atoms with E-state index >= 15 is 4.39 Å². The number of carbonyl (C=O) groups is 2. The number of aliphatic hydroxyl groups excluding tert-OH is 1. The van der Waals surface area contributed by atoms with Crippen LogP contribution in [0, 0.1) is 5.82 Å². The quantitative estimate of drug-likeness (QED) is 0.528. The van der Waals surface area contributed by atoms with E-state index in [1.807, 2.05) is 11.8 Å². The van der Waals surface area contributed by atoms with Gasteiger partial charge in [0.1, 0.15) is 11.6 Å². The lowest BCUT2D eigenvalue weighted by molar-refractivity contribution is 0.0983. The molecule has 33 heavy (non-hydrogen) atoms. The lowest BCUT2D eigenvalue weighted by atomic mass is 10.1. The molecule has 3 amide bonds. The van der Waals surface area contributed by atoms with Crippen molar-refractivity contribution >= 4 is 23.6 Å². The third kappa shape index (κ3) is 4.81. The number of aromatic nitrogens is 2. The number of halogens is 1. The predicted octanol–water partition coefficient (Wildman–Crippen LogP) is 1.62. The number of aliphatic hydroxyl groups is 1. The Bertz CT molecular complexity index is 1070. The van der Waals surface area contributed by atoms with Gasteiger partial charge in [0.25, 0.3) is 0 Å². The van der Waals surface area contributed by atoms with Gasteiger partial charge >= 0.3 is 12.1 Å². The van der Waals surface area contributed by atoms with Crippen molar-refractivity contribution in [2.45, 2.75) is 26.1 Å². The van der Waals surface area contributed by atoms with E-state index in [2.05, 4.69) is 20.6 Å². The van der Waals surface area contributed by atoms with Crippen LogP contribution in [-0.4, -0.2) is 76.2 Å². The molecular weight excluding hydrogens is 435 g/mol. The van der Waals surface area contributed by atoms with Crippen LogP contribution in [0.15, 0.2) is 18.2 Å². The van der Waals surface area contributed by atoms with E-state index in [0.717, 1.165) is 6.07 Å². The van der Waals surface area contributed by atoms with Gasteiger partial charge < -0.3 is 30.5 Å². The fourth-order valence-electron chi connectivity index (χ4n) is 3.89. The van der Waals surface area contributed by atoms with Gasteiger partial charge in [0.15, 0.2) is 5.82 Å². The monoisotopic (exact) mass is 460 g/mol. The number of nitrogens with one attached hydrogen (secondary N) is 2. The fourth-order valence-corrected chi connectivity index (χ4v) is 3.89. The van der Waals surface area contributed by atoms with Crippen LogP contribution in [-0.2, 0) is 17.8 Å². The molecule has 1 atom stereocenters. The maximum absolute atomic E-state index is 15.0. The number of ether oxygens (including phenoxy) is 1. The lowest BCUT2D eigenvalue weighted by Gasteiger charge is -2.35. The Morgan fingerprint density at radius 1 is 1.30 bits per heavy atom. The molecule has 1 aromatic carbocycles. The molecule has 4 rings (SSSR count). The third-order valence-electron chi connectivity index (χ3n) is 5.54. The molecule has 0 aliphatic carbocycles. The topological polar surface area (TPSA) is 140 Å². The van der Waals surface area contributed by atoms with Crippen LogP contribution in [0.3, 0.4) is 0 Å². The van der Waals surface area contributed by atoms with Crippen molar-refractivity contribution in [3.05, 3.63) is 35.3 Å². The molecule has 1 unspecified atom stereocenters. The van der Waals surface area contributed by atoms with E-state index < -0.39 is 17.9 Å². The molecule has 0 bridgehead atoms. The van der Waals surface area contributed by atoms with Gasteiger partial charge in [-0.2, -0.15) is 0 Å². The Labute approximate surface area is 189 Å². The summed E-state index contributed by atoms with van der Waals surface area (Å²) >= 11 is 0. The first-order valence-electron chi connectivity index (χ1n) is 10.5. The summed E-state index contributed by atoms with van der Waals surface area (Å²) in [6, 6.07) is 3.59. The SMILES string of the molecule is CC1COCCN1c1nc(-c2ccc(NC(=O)NCCO)cc2F)nc2c1CN(C(=O)O)C2. The summed E-state index contributed by atoms with van der Waals surface area (Å²) in [5, 5.41) is 23.1. The van der Waals surface area contributed by atoms with Gasteiger partial charge in [-0.25, -0.2) is 23.9 Å². The minimum Gasteiger partial charge on any atom is -0.465 e. The van der Waals surface area contributed by atoms with E-state index in [0.29, 0.717) is 36.8 Å². The standard InChI is InChI=1S/C21H25FN6O5/c1-12-11-33-7-5-28(12)19-15-9-27(21(31)32)10-17(15)25-18(26-19)14-3-2-13(8-16(14)22)24-20(30)23-4-6-29/h2-3,8,12,29H,4-7,9-11H2,1H3,(H,31,32)(H2,23,24,30). The zero-order valence-corrected chi connectivity index (χ0v) is 18.0. The highest BCUT2D eigenvalue weighted by atomic mass is 19.1. The molecule has 0 saturated carbocycles. The summed E-state index contributed by atoms with van der Waals surface area (Å²) in [5.74, 6) is 0.0898. The second-order valence-corrected chi connectivity index (χ2v) is 7.85. The Balaban J connectivity index is 1.68. The number of nitrogens with zero attached hydrogens (tertiary/aromatic N) is 4. The number of hydrogen-bond donors (Lipinski definition) is 4. The summed E-state index contributed by atoms with van der Waals surface area (Å²) in [6.07, 6.45) is -1.06. The van der Waals surface area contributed by atoms with Gasteiger partial charge in [-0.1, -0.05) is 0 Å². The molecule has 1 saturated heterocycles. The smallest absolute Gasteiger partial charge is 0.407 e. The van der Waals surface area contributed by atoms with E-state index in [1.54, 1.807) is 0 Å². The number of hydrogen-bond acceptors (Lipinski definition) is 7. The highest BCUT2D eigenvalue weighted by molar-refractivity contribution is 5.89. The first-order chi connectivity index (χ1) is 15.9. The highest BCUT2D eigenvalue weighted by Crippen LogP contribution is 2.34. The fraction of sp³-hybridized carbons (Fsp3) is 0.429. The minimum atomic E-state index is -1.06. The molecule has 176 valence electrons. The average Bonchev–Trinajstić information content (AvgIpc) is 3.22. The normalized spacial score (nSPS) is 17.6. The first-order valence-corrected chi connectivity index (χ1v) is 10.5. The largest absolute Gasteiger partial charge is 0.465 e. The van der Waals surface area contributed by atoms with Crippen LogP contribution >= 0.6 is 0 Å². The number of urea groups is 1. The van der Waals surface area contributed by atoms with Gasteiger partial charge in [-0.15, -0.1) is 0 Å². The lowest BCUT2D eigenvalue weighted by Crippen LogP contribution is -2.44. The predicted molar refractivity (Wildman–Crippen MR) is 116 cm³/mol. The average molecular weight is 460 g/mol. The Hall–Kier alpha value is -3.51. The number of anilines is 2. The molecule has 2 aliphatic heterocycles. The molecule has 0 spiro atoms. The molecule has 1 aromatic heterocycles. The number of morpholine rings is 1. The second-order valence-electron chi connectivity index (χ2n) is 7.85. The molecule has 2 aromatic rings. The molecule has 11 nitrogen and oxygen atoms in total. The summed E-state index contributed by atoms with van der Waals surface area (Å²) in [6.45, 7) is 3.70. The Kier molecular flexibility index (Phi) is 6.56. The number of benzene rings is 1. The van der Waals surface area contributed by atoms with Gasteiger partial charge in [-0.3, -0.25) is 4.90 Å². The second kappa shape index (κ2) is 9.55. The van der Waals surface area contributed by atoms with Crippen LogP contribution < -0.4 is 15.5 Å². The van der Waals surface area contributed by atoms with Crippen molar-refractivity contribution in [3.63, 3.8) is 0 Å². The van der Waals surface area contributed by atoms with Crippen LogP contribution in [0.4, 0.5) is 25.5 Å². The number of amides is 3. The van der Waals surface area contributed by atoms with Crippen LogP contribution in [0.1, 0.15) is 18.2 Å². The maximum Gasteiger partial charge on any atom is 0.407 e. The van der Waals surface area contributed by atoms with Crippen molar-refractivity contribution in [2.75, 3.05) is 43.1 Å². The summed E-state index contributed by atoms with van der Waals surface area (Å²) in [7, 11) is 0. The van der Waals surface area contributed by atoms with Gasteiger partial charge in [0.2, 0.25) is 0 Å².